The molecule has 2 nitrogen and oxygen atoms in total. The van der Waals surface area contributed by atoms with Crippen molar-refractivity contribution in [3.8, 4) is 0 Å². The summed E-state index contributed by atoms with van der Waals surface area (Å²) >= 11 is 4.90. The molecule has 0 saturated heterocycles. The van der Waals surface area contributed by atoms with E-state index < -0.39 is 6.10 Å². The van der Waals surface area contributed by atoms with Gasteiger partial charge in [-0.05, 0) is 39.9 Å². The molecule has 0 bridgehead atoms. The van der Waals surface area contributed by atoms with Gasteiger partial charge in [-0.15, -0.1) is 0 Å². The van der Waals surface area contributed by atoms with Crippen molar-refractivity contribution >= 4 is 17.3 Å². The van der Waals surface area contributed by atoms with Gasteiger partial charge < -0.3 is 9.84 Å². The molecule has 0 fully saturated rings. The first-order valence-corrected chi connectivity index (χ1v) is 4.12. The molecule has 3 heteroatoms. The summed E-state index contributed by atoms with van der Waals surface area (Å²) in [6.07, 6.45) is 0.0249. The fraction of sp³-hybridized carbons (Fsp3) is 0.875. The van der Waals surface area contributed by atoms with Crippen molar-refractivity contribution < 1.29 is 9.84 Å². The summed E-state index contributed by atoms with van der Waals surface area (Å²) in [6.45, 7) is 7.49. The third-order valence-electron chi connectivity index (χ3n) is 0.882. The number of rotatable bonds is 2. The number of hydrogen-bond donors (Lipinski definition) is 1. The molecule has 1 unspecified atom stereocenters. The molecule has 0 spiro atoms. The molecule has 66 valence electrons. The molecule has 11 heavy (non-hydrogen) atoms. The van der Waals surface area contributed by atoms with Crippen LogP contribution in [0.15, 0.2) is 0 Å². The van der Waals surface area contributed by atoms with Crippen molar-refractivity contribution in [3.63, 3.8) is 0 Å². The van der Waals surface area contributed by atoms with Gasteiger partial charge in [-0.25, -0.2) is 0 Å². The predicted octanol–water partition coefficient (Wildman–Crippen LogP) is 1.90. The third kappa shape index (κ3) is 7.75. The van der Waals surface area contributed by atoms with Crippen molar-refractivity contribution in [2.24, 2.45) is 0 Å². The normalized spacial score (nSPS) is 14.3. The number of hydrogen-bond acceptors (Lipinski definition) is 3. The van der Waals surface area contributed by atoms with Crippen LogP contribution >= 0.6 is 12.2 Å². The zero-order valence-corrected chi connectivity index (χ0v) is 8.36. The zero-order chi connectivity index (χ0) is 9.07. The number of aliphatic hydroxyl groups excluding tert-OH is 1. The molecular weight excluding hydrogens is 160 g/mol. The minimum atomic E-state index is -0.412. The van der Waals surface area contributed by atoms with E-state index in [-0.39, 0.29) is 5.60 Å². The Morgan fingerprint density at radius 2 is 2.00 bits per heavy atom. The molecule has 0 saturated carbocycles. The molecule has 0 aromatic rings. The van der Waals surface area contributed by atoms with Crippen molar-refractivity contribution in [3.05, 3.63) is 0 Å². The molecule has 0 aliphatic rings. The minimum absolute atomic E-state index is 0.244. The SMILES string of the molecule is CC(O)CC(=S)OC(C)(C)C. The van der Waals surface area contributed by atoms with Gasteiger partial charge in [0.25, 0.3) is 0 Å². The lowest BCUT2D eigenvalue weighted by molar-refractivity contribution is 0.107. The topological polar surface area (TPSA) is 29.5 Å². The Labute approximate surface area is 73.6 Å². The summed E-state index contributed by atoms with van der Waals surface area (Å²) in [6, 6.07) is 0. The molecule has 0 amide bonds. The van der Waals surface area contributed by atoms with Crippen LogP contribution in [0.3, 0.4) is 0 Å². The molecule has 0 rings (SSSR count). The van der Waals surface area contributed by atoms with Gasteiger partial charge in [-0.2, -0.15) is 0 Å². The molecule has 0 aliphatic heterocycles. The molecule has 1 atom stereocenters. The minimum Gasteiger partial charge on any atom is -0.482 e. The second kappa shape index (κ2) is 4.02. The summed E-state index contributed by atoms with van der Waals surface area (Å²) in [4.78, 5) is 0. The maximum absolute atomic E-state index is 8.95. The monoisotopic (exact) mass is 176 g/mol. The highest BCUT2D eigenvalue weighted by Crippen LogP contribution is 2.10. The molecule has 0 aliphatic carbocycles. The van der Waals surface area contributed by atoms with E-state index in [1.807, 2.05) is 20.8 Å². The lowest BCUT2D eigenvalue weighted by Crippen LogP contribution is -2.24. The van der Waals surface area contributed by atoms with Crippen LogP contribution in [0.2, 0.25) is 0 Å². The molecular formula is C8H16O2S. The van der Waals surface area contributed by atoms with E-state index >= 15 is 0 Å². The standard InChI is InChI=1S/C8H16O2S/c1-6(9)5-7(11)10-8(2,3)4/h6,9H,5H2,1-4H3. The Morgan fingerprint density at radius 3 is 2.27 bits per heavy atom. The molecule has 0 heterocycles. The second-order valence-electron chi connectivity index (χ2n) is 3.64. The Balaban J connectivity index is 3.71. The van der Waals surface area contributed by atoms with Crippen LogP contribution < -0.4 is 0 Å². The van der Waals surface area contributed by atoms with Crippen LogP contribution in [-0.4, -0.2) is 21.9 Å². The van der Waals surface area contributed by atoms with Gasteiger partial charge >= 0.3 is 0 Å². The van der Waals surface area contributed by atoms with Crippen molar-refractivity contribution in [2.45, 2.75) is 45.8 Å². The smallest absolute Gasteiger partial charge is 0.163 e. The Kier molecular flexibility index (Phi) is 3.97. The van der Waals surface area contributed by atoms with E-state index in [4.69, 9.17) is 22.1 Å². The average molecular weight is 176 g/mol. The fourth-order valence-electron chi connectivity index (χ4n) is 0.624. The van der Waals surface area contributed by atoms with E-state index in [0.29, 0.717) is 11.5 Å². The van der Waals surface area contributed by atoms with Crippen LogP contribution in [0.1, 0.15) is 34.1 Å². The third-order valence-corrected chi connectivity index (χ3v) is 1.13. The first-order chi connectivity index (χ1) is 4.81. The van der Waals surface area contributed by atoms with E-state index in [9.17, 15) is 0 Å². The van der Waals surface area contributed by atoms with Crippen LogP contribution in [0.5, 0.6) is 0 Å². The van der Waals surface area contributed by atoms with Gasteiger partial charge in [0.1, 0.15) is 5.60 Å². The highest BCUT2D eigenvalue weighted by Gasteiger charge is 2.14. The number of aliphatic hydroxyl groups is 1. The lowest BCUT2D eigenvalue weighted by Gasteiger charge is -2.21. The van der Waals surface area contributed by atoms with Gasteiger partial charge in [-0.1, -0.05) is 0 Å². The Morgan fingerprint density at radius 1 is 1.55 bits per heavy atom. The van der Waals surface area contributed by atoms with Gasteiger partial charge in [0.05, 0.1) is 6.10 Å². The quantitative estimate of drug-likeness (QED) is 0.652. The largest absolute Gasteiger partial charge is 0.482 e. The number of ether oxygens (including phenoxy) is 1. The van der Waals surface area contributed by atoms with Gasteiger partial charge in [0.15, 0.2) is 5.05 Å². The van der Waals surface area contributed by atoms with Gasteiger partial charge in [0, 0.05) is 6.42 Å². The molecule has 0 radical (unpaired) electrons. The van der Waals surface area contributed by atoms with Crippen molar-refractivity contribution in [2.75, 3.05) is 0 Å². The molecule has 0 aromatic carbocycles. The maximum atomic E-state index is 8.95. The summed E-state index contributed by atoms with van der Waals surface area (Å²) in [5, 5.41) is 9.43. The van der Waals surface area contributed by atoms with Crippen LogP contribution in [0.25, 0.3) is 0 Å². The van der Waals surface area contributed by atoms with E-state index in [1.54, 1.807) is 6.92 Å². The predicted molar refractivity (Wildman–Crippen MR) is 49.7 cm³/mol. The Hall–Kier alpha value is -0.150. The zero-order valence-electron chi connectivity index (χ0n) is 7.55. The Bertz CT molecular complexity index is 136. The molecule has 0 aromatic heterocycles. The highest BCUT2D eigenvalue weighted by atomic mass is 32.1. The summed E-state index contributed by atoms with van der Waals surface area (Å²) in [5.74, 6) is 0. The average Bonchev–Trinajstić information content (AvgIpc) is 1.53. The number of thiocarbonyl (C=S) groups is 1. The van der Waals surface area contributed by atoms with Crippen molar-refractivity contribution in [1.82, 2.24) is 0 Å². The summed E-state index contributed by atoms with van der Waals surface area (Å²) in [5.41, 5.74) is -0.244. The van der Waals surface area contributed by atoms with E-state index in [0.717, 1.165) is 0 Å². The van der Waals surface area contributed by atoms with Gasteiger partial charge in [0.2, 0.25) is 0 Å². The molecule has 1 N–H and O–H groups in total. The van der Waals surface area contributed by atoms with Crippen molar-refractivity contribution in [1.29, 1.82) is 0 Å². The van der Waals surface area contributed by atoms with Crippen LogP contribution in [0.4, 0.5) is 0 Å². The van der Waals surface area contributed by atoms with Crippen LogP contribution in [-0.2, 0) is 4.74 Å². The van der Waals surface area contributed by atoms with Gasteiger partial charge in [-0.3, -0.25) is 0 Å². The van der Waals surface area contributed by atoms with E-state index in [1.165, 1.54) is 0 Å². The summed E-state index contributed by atoms with van der Waals surface area (Å²) < 4.78 is 5.32. The highest BCUT2D eigenvalue weighted by molar-refractivity contribution is 7.80. The van der Waals surface area contributed by atoms with E-state index in [2.05, 4.69) is 0 Å². The second-order valence-corrected chi connectivity index (χ2v) is 4.09. The summed E-state index contributed by atoms with van der Waals surface area (Å²) in [7, 11) is 0. The van der Waals surface area contributed by atoms with Crippen LogP contribution in [0, 0.1) is 0 Å². The fourth-order valence-corrected chi connectivity index (χ4v) is 1.12. The first kappa shape index (κ1) is 10.8. The first-order valence-electron chi connectivity index (χ1n) is 3.71. The maximum Gasteiger partial charge on any atom is 0.163 e. The lowest BCUT2D eigenvalue weighted by atomic mass is 10.2.